The van der Waals surface area contributed by atoms with E-state index in [-0.39, 0.29) is 16.4 Å². The third-order valence-electron chi connectivity index (χ3n) is 5.05. The molecule has 3 aromatic carbocycles. The number of halogens is 2. The minimum atomic E-state index is -3.86. The molecule has 180 valence electrons. The number of hydrogen-bond donors (Lipinski definition) is 2. The summed E-state index contributed by atoms with van der Waals surface area (Å²) in [7, 11) is -3.86. The Balaban J connectivity index is 1.62. The fraction of sp³-hybridized carbons (Fsp3) is 0.240. The molecule has 0 saturated heterocycles. The summed E-state index contributed by atoms with van der Waals surface area (Å²) < 4.78 is 28.7. The van der Waals surface area contributed by atoms with Gasteiger partial charge >= 0.3 is 0 Å². The molecular formula is C25H26Cl2N2O3S2. The largest absolute Gasteiger partial charge is 0.351 e. The van der Waals surface area contributed by atoms with Crippen LogP contribution in [-0.2, 0) is 15.8 Å². The van der Waals surface area contributed by atoms with Crippen molar-refractivity contribution in [1.29, 1.82) is 0 Å². The number of anilines is 1. The third-order valence-corrected chi connectivity index (χ3v) is 8.27. The van der Waals surface area contributed by atoms with Gasteiger partial charge in [0.05, 0.1) is 4.90 Å². The molecule has 0 heterocycles. The minimum Gasteiger partial charge on any atom is -0.351 e. The number of carbonyl (C=O) groups is 1. The van der Waals surface area contributed by atoms with Crippen LogP contribution < -0.4 is 10.0 Å². The van der Waals surface area contributed by atoms with Crippen molar-refractivity contribution >= 4 is 56.6 Å². The van der Waals surface area contributed by atoms with Gasteiger partial charge in [0.2, 0.25) is 0 Å². The van der Waals surface area contributed by atoms with Crippen LogP contribution in [0.15, 0.2) is 59.5 Å². The zero-order chi connectivity index (χ0) is 24.9. The molecule has 5 nitrogen and oxygen atoms in total. The monoisotopic (exact) mass is 536 g/mol. The number of carbonyl (C=O) groups excluding carboxylic acids is 1. The number of rotatable bonds is 9. The molecule has 0 spiro atoms. The van der Waals surface area contributed by atoms with E-state index in [0.29, 0.717) is 39.3 Å². The van der Waals surface area contributed by atoms with Crippen molar-refractivity contribution in [1.82, 2.24) is 5.32 Å². The molecule has 3 rings (SSSR count). The van der Waals surface area contributed by atoms with E-state index < -0.39 is 10.0 Å². The molecule has 0 saturated carbocycles. The summed E-state index contributed by atoms with van der Waals surface area (Å²) in [4.78, 5) is 12.7. The van der Waals surface area contributed by atoms with Crippen LogP contribution in [-0.4, -0.2) is 26.6 Å². The molecule has 9 heteroatoms. The minimum absolute atomic E-state index is 0.0713. The van der Waals surface area contributed by atoms with Gasteiger partial charge in [-0.15, -0.1) is 0 Å². The summed E-state index contributed by atoms with van der Waals surface area (Å²) in [5.41, 5.74) is 4.11. The number of amides is 1. The van der Waals surface area contributed by atoms with E-state index in [9.17, 15) is 13.2 Å². The second-order valence-electron chi connectivity index (χ2n) is 7.97. The predicted octanol–water partition coefficient (Wildman–Crippen LogP) is 6.38. The van der Waals surface area contributed by atoms with E-state index in [1.165, 1.54) is 6.07 Å². The fourth-order valence-electron chi connectivity index (χ4n) is 3.46. The maximum Gasteiger partial charge on any atom is 0.262 e. The average Bonchev–Trinajstić information content (AvgIpc) is 2.74. The van der Waals surface area contributed by atoms with Gasteiger partial charge in [0.25, 0.3) is 15.9 Å². The Morgan fingerprint density at radius 2 is 1.59 bits per heavy atom. The van der Waals surface area contributed by atoms with Crippen molar-refractivity contribution in [3.63, 3.8) is 0 Å². The van der Waals surface area contributed by atoms with Gasteiger partial charge in [-0.2, -0.15) is 11.8 Å². The van der Waals surface area contributed by atoms with E-state index in [1.807, 2.05) is 19.9 Å². The first-order chi connectivity index (χ1) is 16.1. The molecule has 0 radical (unpaired) electrons. The number of benzene rings is 3. The van der Waals surface area contributed by atoms with E-state index in [4.69, 9.17) is 23.2 Å². The lowest BCUT2D eigenvalue weighted by molar-refractivity contribution is 0.0956. The van der Waals surface area contributed by atoms with Crippen LogP contribution in [0.1, 0.15) is 32.6 Å². The van der Waals surface area contributed by atoms with E-state index in [0.717, 1.165) is 16.7 Å². The highest BCUT2D eigenvalue weighted by Crippen LogP contribution is 2.28. The normalized spacial score (nSPS) is 11.3. The lowest BCUT2D eigenvalue weighted by Gasteiger charge is -2.13. The van der Waals surface area contributed by atoms with Crippen LogP contribution >= 0.6 is 35.0 Å². The summed E-state index contributed by atoms with van der Waals surface area (Å²) in [6.07, 6.45) is 0. The first-order valence-corrected chi connectivity index (χ1v) is 14.0. The van der Waals surface area contributed by atoms with Crippen LogP contribution in [0.2, 0.25) is 10.0 Å². The highest BCUT2D eigenvalue weighted by atomic mass is 35.5. The molecule has 0 unspecified atom stereocenters. The topological polar surface area (TPSA) is 75.3 Å². The molecule has 0 aromatic heterocycles. The summed E-state index contributed by atoms with van der Waals surface area (Å²) in [5.74, 6) is 0.948. The second kappa shape index (κ2) is 11.5. The summed E-state index contributed by atoms with van der Waals surface area (Å²) in [5, 5.41) is 4.07. The van der Waals surface area contributed by atoms with Crippen molar-refractivity contribution in [2.45, 2.75) is 31.4 Å². The Labute approximate surface area is 215 Å². The number of sulfonamides is 1. The van der Waals surface area contributed by atoms with Crippen LogP contribution in [0.5, 0.6) is 0 Å². The highest BCUT2D eigenvalue weighted by Gasteiger charge is 2.19. The number of hydrogen-bond acceptors (Lipinski definition) is 4. The van der Waals surface area contributed by atoms with Gasteiger partial charge < -0.3 is 5.32 Å². The fourth-order valence-corrected chi connectivity index (χ4v) is 6.37. The number of aryl methyl sites for hydroxylation is 3. The maximum atomic E-state index is 13.0. The van der Waals surface area contributed by atoms with Gasteiger partial charge in [-0.1, -0.05) is 41.4 Å². The molecule has 0 fully saturated rings. The van der Waals surface area contributed by atoms with Crippen molar-refractivity contribution in [3.05, 3.63) is 92.5 Å². The average molecular weight is 538 g/mol. The van der Waals surface area contributed by atoms with Crippen LogP contribution in [0.3, 0.4) is 0 Å². The SMILES string of the molecule is Cc1cc(C)cc(NS(=O)(=O)c2cc(C(=O)NCCSCc3c(Cl)cccc3Cl)ccc2C)c1. The van der Waals surface area contributed by atoms with E-state index in [1.54, 1.807) is 61.2 Å². The Bertz CT molecular complexity index is 1270. The highest BCUT2D eigenvalue weighted by molar-refractivity contribution is 7.98. The number of nitrogens with one attached hydrogen (secondary N) is 2. The maximum absolute atomic E-state index is 13.0. The van der Waals surface area contributed by atoms with Gasteiger partial charge in [-0.25, -0.2) is 8.42 Å². The summed E-state index contributed by atoms with van der Waals surface area (Å²) in [6.45, 7) is 5.93. The molecule has 3 aromatic rings. The van der Waals surface area contributed by atoms with Crippen molar-refractivity contribution in [3.8, 4) is 0 Å². The summed E-state index contributed by atoms with van der Waals surface area (Å²) in [6, 6.07) is 15.6. The van der Waals surface area contributed by atoms with Crippen LogP contribution in [0.25, 0.3) is 0 Å². The van der Waals surface area contributed by atoms with Crippen LogP contribution in [0.4, 0.5) is 5.69 Å². The molecule has 1 amide bonds. The smallest absolute Gasteiger partial charge is 0.262 e. The molecule has 0 aliphatic carbocycles. The summed E-state index contributed by atoms with van der Waals surface area (Å²) >= 11 is 14.0. The Morgan fingerprint density at radius 1 is 0.941 bits per heavy atom. The lowest BCUT2D eigenvalue weighted by atomic mass is 10.1. The second-order valence-corrected chi connectivity index (χ2v) is 11.5. The zero-order valence-corrected chi connectivity index (χ0v) is 22.3. The first kappa shape index (κ1) is 26.4. The molecule has 0 aliphatic rings. The van der Waals surface area contributed by atoms with Crippen LogP contribution in [0, 0.1) is 20.8 Å². The first-order valence-electron chi connectivity index (χ1n) is 10.6. The van der Waals surface area contributed by atoms with Gasteiger partial charge in [0.15, 0.2) is 0 Å². The van der Waals surface area contributed by atoms with Gasteiger partial charge in [0, 0.05) is 39.3 Å². The van der Waals surface area contributed by atoms with Crippen molar-refractivity contribution < 1.29 is 13.2 Å². The molecular weight excluding hydrogens is 511 g/mol. The standard InChI is InChI=1S/C25H26Cl2N2O3S2/c1-16-11-17(2)13-20(12-16)29-34(31,32)24-14-19(8-7-18(24)3)25(30)28-9-10-33-15-21-22(26)5-4-6-23(21)27/h4-8,11-14,29H,9-10,15H2,1-3H3,(H,28,30). The molecule has 0 aliphatic heterocycles. The Morgan fingerprint density at radius 3 is 2.24 bits per heavy atom. The molecule has 34 heavy (non-hydrogen) atoms. The predicted molar refractivity (Wildman–Crippen MR) is 143 cm³/mol. The molecule has 0 atom stereocenters. The Hall–Kier alpha value is -2.19. The number of thioether (sulfide) groups is 1. The van der Waals surface area contributed by atoms with Gasteiger partial charge in [-0.05, 0) is 79.4 Å². The lowest BCUT2D eigenvalue weighted by Crippen LogP contribution is -2.26. The van der Waals surface area contributed by atoms with Crippen molar-refractivity contribution in [2.75, 3.05) is 17.0 Å². The van der Waals surface area contributed by atoms with Gasteiger partial charge in [-0.3, -0.25) is 9.52 Å². The molecule has 2 N–H and O–H groups in total. The molecule has 0 bridgehead atoms. The van der Waals surface area contributed by atoms with E-state index in [2.05, 4.69) is 10.0 Å². The van der Waals surface area contributed by atoms with Gasteiger partial charge in [0.1, 0.15) is 0 Å². The quantitative estimate of drug-likeness (QED) is 0.311. The van der Waals surface area contributed by atoms with E-state index >= 15 is 0 Å². The third kappa shape index (κ3) is 6.92. The van der Waals surface area contributed by atoms with Crippen molar-refractivity contribution in [2.24, 2.45) is 0 Å². The zero-order valence-electron chi connectivity index (χ0n) is 19.1. The Kier molecular flexibility index (Phi) is 8.93.